The molecule has 122 valence electrons. The van der Waals surface area contributed by atoms with Gasteiger partial charge in [0.1, 0.15) is 5.82 Å². The Hall–Kier alpha value is -1.92. The van der Waals surface area contributed by atoms with Gasteiger partial charge >= 0.3 is 0 Å². The highest BCUT2D eigenvalue weighted by Crippen LogP contribution is 2.21. The minimum Gasteiger partial charge on any atom is -0.367 e. The number of rotatable bonds is 4. The largest absolute Gasteiger partial charge is 0.367 e. The van der Waals surface area contributed by atoms with Gasteiger partial charge in [0.15, 0.2) is 0 Å². The van der Waals surface area contributed by atoms with Gasteiger partial charge < -0.3 is 4.90 Å². The summed E-state index contributed by atoms with van der Waals surface area (Å²) in [5.41, 5.74) is 1.32. The molecule has 1 aliphatic heterocycles. The first-order chi connectivity index (χ1) is 11.1. The number of piperazine rings is 1. The fourth-order valence-corrected chi connectivity index (χ4v) is 4.31. The topological polar surface area (TPSA) is 40.6 Å². The highest BCUT2D eigenvalue weighted by molar-refractivity contribution is 7.88. The van der Waals surface area contributed by atoms with E-state index in [0.29, 0.717) is 31.9 Å². The number of halogens is 1. The van der Waals surface area contributed by atoms with Gasteiger partial charge in [-0.3, -0.25) is 0 Å². The van der Waals surface area contributed by atoms with Crippen LogP contribution in [-0.4, -0.2) is 38.9 Å². The molecule has 3 rings (SSSR count). The predicted octanol–water partition coefficient (Wildman–Crippen LogP) is 2.48. The fraction of sp³-hybridized carbons (Fsp3) is 0.294. The number of hydrogen-bond acceptors (Lipinski definition) is 3. The van der Waals surface area contributed by atoms with Crippen molar-refractivity contribution in [3.05, 3.63) is 66.0 Å². The lowest BCUT2D eigenvalue weighted by Gasteiger charge is -2.35. The molecule has 0 radical (unpaired) electrons. The van der Waals surface area contributed by atoms with E-state index >= 15 is 0 Å². The first-order valence-corrected chi connectivity index (χ1v) is 9.18. The van der Waals surface area contributed by atoms with Crippen molar-refractivity contribution in [2.75, 3.05) is 31.1 Å². The minimum absolute atomic E-state index is 0.00748. The van der Waals surface area contributed by atoms with Crippen LogP contribution >= 0.6 is 0 Å². The second-order valence-electron chi connectivity index (χ2n) is 5.58. The van der Waals surface area contributed by atoms with E-state index < -0.39 is 10.0 Å². The van der Waals surface area contributed by atoms with Crippen LogP contribution in [0.5, 0.6) is 0 Å². The van der Waals surface area contributed by atoms with Gasteiger partial charge in [0.05, 0.1) is 11.4 Å². The minimum atomic E-state index is -3.34. The zero-order valence-corrected chi connectivity index (χ0v) is 13.5. The summed E-state index contributed by atoms with van der Waals surface area (Å²) in [5.74, 6) is -0.263. The molecule has 0 saturated carbocycles. The van der Waals surface area contributed by atoms with Crippen molar-refractivity contribution >= 4 is 15.7 Å². The van der Waals surface area contributed by atoms with Crippen molar-refractivity contribution in [2.45, 2.75) is 5.75 Å². The van der Waals surface area contributed by atoms with Crippen LogP contribution < -0.4 is 4.90 Å². The van der Waals surface area contributed by atoms with E-state index in [9.17, 15) is 12.8 Å². The van der Waals surface area contributed by atoms with Crippen LogP contribution in [0.15, 0.2) is 54.6 Å². The van der Waals surface area contributed by atoms with Crippen molar-refractivity contribution in [2.24, 2.45) is 0 Å². The predicted molar refractivity (Wildman–Crippen MR) is 89.3 cm³/mol. The van der Waals surface area contributed by atoms with Crippen molar-refractivity contribution in [3.8, 4) is 0 Å². The lowest BCUT2D eigenvalue weighted by Crippen LogP contribution is -2.49. The average Bonchev–Trinajstić information content (AvgIpc) is 2.56. The Kier molecular flexibility index (Phi) is 4.63. The Balaban J connectivity index is 1.65. The maximum Gasteiger partial charge on any atom is 0.218 e. The van der Waals surface area contributed by atoms with Gasteiger partial charge in [-0.2, -0.15) is 4.31 Å². The Morgan fingerprint density at radius 2 is 1.48 bits per heavy atom. The maximum absolute atomic E-state index is 13.8. The lowest BCUT2D eigenvalue weighted by atomic mass is 10.2. The molecule has 0 aliphatic carbocycles. The third kappa shape index (κ3) is 3.71. The summed E-state index contributed by atoms with van der Waals surface area (Å²) in [6.45, 7) is 1.75. The summed E-state index contributed by atoms with van der Waals surface area (Å²) < 4.78 is 40.3. The molecule has 1 fully saturated rings. The number of benzene rings is 2. The lowest BCUT2D eigenvalue weighted by molar-refractivity contribution is 0.382. The molecule has 0 unspecified atom stereocenters. The SMILES string of the molecule is O=S(=O)(Cc1ccccc1)N1CCN(c2ccccc2F)CC1. The highest BCUT2D eigenvalue weighted by Gasteiger charge is 2.27. The molecule has 0 bridgehead atoms. The number of hydrogen-bond donors (Lipinski definition) is 0. The average molecular weight is 334 g/mol. The van der Waals surface area contributed by atoms with E-state index in [-0.39, 0.29) is 11.6 Å². The van der Waals surface area contributed by atoms with E-state index in [1.54, 1.807) is 18.2 Å². The summed E-state index contributed by atoms with van der Waals surface area (Å²) in [5, 5.41) is 0. The van der Waals surface area contributed by atoms with Crippen LogP contribution in [0.25, 0.3) is 0 Å². The van der Waals surface area contributed by atoms with Gasteiger partial charge in [-0.25, -0.2) is 12.8 Å². The summed E-state index contributed by atoms with van der Waals surface area (Å²) in [6, 6.07) is 15.7. The number of sulfonamides is 1. The summed E-state index contributed by atoms with van der Waals surface area (Å²) in [7, 11) is -3.34. The Labute approximate surface area is 136 Å². The van der Waals surface area contributed by atoms with E-state index in [1.807, 2.05) is 35.2 Å². The quantitative estimate of drug-likeness (QED) is 0.862. The summed E-state index contributed by atoms with van der Waals surface area (Å²) >= 11 is 0. The number of nitrogens with zero attached hydrogens (tertiary/aromatic N) is 2. The molecule has 0 atom stereocenters. The third-order valence-corrected chi connectivity index (χ3v) is 5.87. The van der Waals surface area contributed by atoms with E-state index in [2.05, 4.69) is 0 Å². The molecular formula is C17H19FN2O2S. The zero-order chi connectivity index (χ0) is 16.3. The third-order valence-electron chi connectivity index (χ3n) is 4.02. The maximum atomic E-state index is 13.8. The molecule has 4 nitrogen and oxygen atoms in total. The van der Waals surface area contributed by atoms with Crippen molar-refractivity contribution in [1.29, 1.82) is 0 Å². The van der Waals surface area contributed by atoms with E-state index in [4.69, 9.17) is 0 Å². The van der Waals surface area contributed by atoms with Crippen LogP contribution in [0.1, 0.15) is 5.56 Å². The highest BCUT2D eigenvalue weighted by atomic mass is 32.2. The van der Waals surface area contributed by atoms with Crippen LogP contribution in [0.2, 0.25) is 0 Å². The van der Waals surface area contributed by atoms with Crippen LogP contribution in [0.3, 0.4) is 0 Å². The smallest absolute Gasteiger partial charge is 0.218 e. The molecule has 0 spiro atoms. The normalized spacial score (nSPS) is 16.5. The zero-order valence-electron chi connectivity index (χ0n) is 12.7. The first-order valence-electron chi connectivity index (χ1n) is 7.57. The monoisotopic (exact) mass is 334 g/mol. The Morgan fingerprint density at radius 3 is 2.13 bits per heavy atom. The molecule has 1 saturated heterocycles. The molecule has 2 aromatic carbocycles. The molecule has 1 heterocycles. The standard InChI is InChI=1S/C17H19FN2O2S/c18-16-8-4-5-9-17(16)19-10-12-20(13-11-19)23(21,22)14-15-6-2-1-3-7-15/h1-9H,10-14H2. The molecule has 6 heteroatoms. The number of para-hydroxylation sites is 1. The molecular weight excluding hydrogens is 315 g/mol. The number of anilines is 1. The van der Waals surface area contributed by atoms with Crippen molar-refractivity contribution in [3.63, 3.8) is 0 Å². The Morgan fingerprint density at radius 1 is 0.870 bits per heavy atom. The fourth-order valence-electron chi connectivity index (χ4n) is 2.79. The van der Waals surface area contributed by atoms with Gasteiger partial charge in [0, 0.05) is 26.2 Å². The van der Waals surface area contributed by atoms with Gasteiger partial charge in [-0.1, -0.05) is 42.5 Å². The molecule has 1 aliphatic rings. The van der Waals surface area contributed by atoms with Crippen LogP contribution in [0, 0.1) is 5.82 Å². The van der Waals surface area contributed by atoms with Crippen molar-refractivity contribution < 1.29 is 12.8 Å². The second kappa shape index (κ2) is 6.68. The van der Waals surface area contributed by atoms with Gasteiger partial charge in [0.2, 0.25) is 10.0 Å². The van der Waals surface area contributed by atoms with Gasteiger partial charge in [-0.15, -0.1) is 0 Å². The summed E-state index contributed by atoms with van der Waals surface area (Å²) in [6.07, 6.45) is 0. The molecule has 0 aromatic heterocycles. The molecule has 2 aromatic rings. The van der Waals surface area contributed by atoms with E-state index in [1.165, 1.54) is 10.4 Å². The first kappa shape index (κ1) is 16.0. The van der Waals surface area contributed by atoms with E-state index in [0.717, 1.165) is 5.56 Å². The van der Waals surface area contributed by atoms with Gasteiger partial charge in [0.25, 0.3) is 0 Å². The van der Waals surface area contributed by atoms with Gasteiger partial charge in [-0.05, 0) is 17.7 Å². The van der Waals surface area contributed by atoms with Crippen molar-refractivity contribution in [1.82, 2.24) is 4.31 Å². The van der Waals surface area contributed by atoms with Crippen LogP contribution in [-0.2, 0) is 15.8 Å². The molecule has 0 amide bonds. The molecule has 23 heavy (non-hydrogen) atoms. The second-order valence-corrected chi connectivity index (χ2v) is 7.55. The Bertz CT molecular complexity index is 757. The van der Waals surface area contributed by atoms with Crippen LogP contribution in [0.4, 0.5) is 10.1 Å². The summed E-state index contributed by atoms with van der Waals surface area (Å²) in [4.78, 5) is 1.89. The molecule has 0 N–H and O–H groups in total.